The summed E-state index contributed by atoms with van der Waals surface area (Å²) in [5.41, 5.74) is 7.31. The number of hydrogen-bond acceptors (Lipinski definition) is 14. The largest absolute Gasteiger partial charge is 0.478 e. The van der Waals surface area contributed by atoms with Crippen molar-refractivity contribution in [2.75, 3.05) is 20.0 Å². The maximum absolute atomic E-state index is 13.6. The molecule has 0 radical (unpaired) electrons. The van der Waals surface area contributed by atoms with Gasteiger partial charge in [0, 0.05) is 0 Å². The van der Waals surface area contributed by atoms with Crippen molar-refractivity contribution in [2.45, 2.75) is 19.6 Å². The number of rotatable bonds is 12. The summed E-state index contributed by atoms with van der Waals surface area (Å²) in [7, 11) is -9.12. The molecule has 0 atom stereocenters. The van der Waals surface area contributed by atoms with Gasteiger partial charge in [0.05, 0.1) is 77.4 Å². The summed E-state index contributed by atoms with van der Waals surface area (Å²) in [4.78, 5) is 100. The topological polar surface area (TPSA) is 328 Å². The Hall–Kier alpha value is -7.14. The highest BCUT2D eigenvalue weighted by molar-refractivity contribution is 7.91. The van der Waals surface area contributed by atoms with E-state index in [0.29, 0.717) is 11.0 Å². The second kappa shape index (κ2) is 14.5. The van der Waals surface area contributed by atoms with E-state index in [0.717, 1.165) is 71.6 Å². The molecule has 0 unspecified atom stereocenters. The van der Waals surface area contributed by atoms with Crippen molar-refractivity contribution in [1.29, 1.82) is 0 Å². The molecule has 0 bridgehead atoms. The van der Waals surface area contributed by atoms with Gasteiger partial charge in [-0.1, -0.05) is 0 Å². The van der Waals surface area contributed by atoms with Crippen molar-refractivity contribution in [1.82, 2.24) is 20.4 Å². The zero-order chi connectivity index (χ0) is 41.7. The molecule has 2 aliphatic rings. The van der Waals surface area contributed by atoms with E-state index < -0.39 is 129 Å². The minimum atomic E-state index is -4.67. The molecule has 2 heterocycles. The monoisotopic (exact) mass is 818 g/mol. The Kier molecular flexibility index (Phi) is 10.1. The maximum atomic E-state index is 13.6. The number of nitrogens with zero attached hydrogens (tertiary/aromatic N) is 2. The average molecular weight is 819 g/mol. The number of carbonyl (C=O) groups excluding carboxylic acids is 6. The van der Waals surface area contributed by atoms with Crippen LogP contribution >= 0.6 is 0 Å². The quantitative estimate of drug-likeness (QED) is 0.0802. The second-order valence-corrected chi connectivity index (χ2v) is 16.0. The normalized spacial score (nSPS) is 13.7. The van der Waals surface area contributed by atoms with Gasteiger partial charge in [0.25, 0.3) is 35.4 Å². The van der Waals surface area contributed by atoms with Gasteiger partial charge in [-0.15, -0.1) is 0 Å². The van der Waals surface area contributed by atoms with E-state index in [9.17, 15) is 65.4 Å². The first kappa shape index (κ1) is 39.6. The standard InChI is InChI=1S/C35H26N6O14S2/c36-13-38-28(42)24-9-16(3-7-22(24)34(48)49)56(52,53)17-4-8-23(35(50)51)25(10-17)29(43)39-15-41-31(45)21-6-2-19(12-27(21)33(41)47)57(54,55)18-1-5-20-26(11-18)32(46)40(14-37)30(20)44/h1-12H,13-15,36-37H2,(H,38,42)(H,39,43)(H,48,49)(H,50,51). The summed E-state index contributed by atoms with van der Waals surface area (Å²) in [5.74, 6) is -9.03. The van der Waals surface area contributed by atoms with Crippen LogP contribution in [0.15, 0.2) is 92.4 Å². The van der Waals surface area contributed by atoms with Crippen LogP contribution < -0.4 is 22.1 Å². The molecular formula is C35H26N6O14S2. The number of aromatic carboxylic acids is 2. The van der Waals surface area contributed by atoms with Gasteiger partial charge in [0.15, 0.2) is 0 Å². The SMILES string of the molecule is NCNC(=O)c1cc(S(=O)(=O)c2ccc(C(=O)O)c(C(=O)NCN3C(=O)c4ccc(S(=O)(=O)c5ccc6c(c5)C(=O)N(CN)C6=O)cc4C3=O)c2)ccc1C(=O)O. The lowest BCUT2D eigenvalue weighted by Crippen LogP contribution is -2.41. The Morgan fingerprint density at radius 2 is 0.877 bits per heavy atom. The molecule has 0 aromatic heterocycles. The lowest BCUT2D eigenvalue weighted by atomic mass is 10.1. The second-order valence-electron chi connectivity index (χ2n) is 12.1. The fourth-order valence-electron chi connectivity index (χ4n) is 6.02. The van der Waals surface area contributed by atoms with Gasteiger partial charge in [-0.2, -0.15) is 0 Å². The number of benzene rings is 4. The Balaban J connectivity index is 1.25. The molecule has 4 aromatic carbocycles. The highest BCUT2D eigenvalue weighted by Crippen LogP contribution is 2.32. The summed E-state index contributed by atoms with van der Waals surface area (Å²) in [5, 5.41) is 23.6. The number of imide groups is 2. The number of carbonyl (C=O) groups is 8. The number of carboxylic acid groups (broad SMARTS) is 2. The van der Waals surface area contributed by atoms with Crippen molar-refractivity contribution < 1.29 is 65.4 Å². The first-order chi connectivity index (χ1) is 26.8. The van der Waals surface area contributed by atoms with Crippen LogP contribution in [-0.4, -0.2) is 104 Å². The van der Waals surface area contributed by atoms with E-state index >= 15 is 0 Å². The van der Waals surface area contributed by atoms with Gasteiger partial charge >= 0.3 is 11.9 Å². The minimum absolute atomic E-state index is 0.0592. The number of sulfone groups is 2. The number of fused-ring (bicyclic) bond motifs is 2. The lowest BCUT2D eigenvalue weighted by Gasteiger charge is -2.16. The molecular weight excluding hydrogens is 793 g/mol. The molecule has 4 aromatic rings. The highest BCUT2D eigenvalue weighted by atomic mass is 32.2. The van der Waals surface area contributed by atoms with Crippen molar-refractivity contribution in [3.63, 3.8) is 0 Å². The smallest absolute Gasteiger partial charge is 0.336 e. The van der Waals surface area contributed by atoms with Gasteiger partial charge in [-0.25, -0.2) is 26.4 Å². The van der Waals surface area contributed by atoms with Crippen LogP contribution in [0.3, 0.4) is 0 Å². The van der Waals surface area contributed by atoms with Crippen molar-refractivity contribution in [3.05, 3.63) is 117 Å². The van der Waals surface area contributed by atoms with E-state index in [2.05, 4.69) is 10.6 Å². The molecule has 0 fully saturated rings. The molecule has 6 amide bonds. The zero-order valence-electron chi connectivity index (χ0n) is 28.7. The molecule has 2 aliphatic heterocycles. The molecule has 20 nitrogen and oxygen atoms in total. The molecule has 8 N–H and O–H groups in total. The van der Waals surface area contributed by atoms with Gasteiger partial charge < -0.3 is 32.3 Å². The van der Waals surface area contributed by atoms with Crippen molar-refractivity contribution >= 4 is 67.1 Å². The molecule has 292 valence electrons. The number of carboxylic acids is 2. The predicted octanol–water partition coefficient (Wildman–Crippen LogP) is -0.110. The fourth-order valence-corrected chi connectivity index (χ4v) is 8.64. The first-order valence-electron chi connectivity index (χ1n) is 16.1. The van der Waals surface area contributed by atoms with Crippen LogP contribution in [-0.2, 0) is 19.7 Å². The molecule has 0 aliphatic carbocycles. The molecule has 57 heavy (non-hydrogen) atoms. The van der Waals surface area contributed by atoms with Gasteiger partial charge in [0.2, 0.25) is 19.7 Å². The Morgan fingerprint density at radius 1 is 0.509 bits per heavy atom. The van der Waals surface area contributed by atoms with Crippen LogP contribution in [0.5, 0.6) is 0 Å². The maximum Gasteiger partial charge on any atom is 0.336 e. The lowest BCUT2D eigenvalue weighted by molar-refractivity contribution is 0.0621. The number of hydrogen-bond donors (Lipinski definition) is 6. The van der Waals surface area contributed by atoms with Crippen molar-refractivity contribution in [3.8, 4) is 0 Å². The number of nitrogens with two attached hydrogens (primary N) is 2. The Labute approximate surface area is 320 Å². The molecule has 6 rings (SSSR count). The van der Waals surface area contributed by atoms with Crippen LogP contribution in [0.25, 0.3) is 0 Å². The first-order valence-corrected chi connectivity index (χ1v) is 19.0. The van der Waals surface area contributed by atoms with Crippen LogP contribution in [0.1, 0.15) is 82.9 Å². The fraction of sp³-hybridized carbons (Fsp3) is 0.0857. The summed E-state index contributed by atoms with van der Waals surface area (Å²) >= 11 is 0. The minimum Gasteiger partial charge on any atom is -0.478 e. The van der Waals surface area contributed by atoms with Gasteiger partial charge in [-0.05, 0) is 72.8 Å². The molecule has 0 spiro atoms. The van der Waals surface area contributed by atoms with Crippen LogP contribution in [0.2, 0.25) is 0 Å². The molecule has 0 saturated carbocycles. The third-order valence-electron chi connectivity index (χ3n) is 8.90. The third-order valence-corrected chi connectivity index (χ3v) is 12.4. The summed E-state index contributed by atoms with van der Waals surface area (Å²) in [6.45, 7) is -1.74. The average Bonchev–Trinajstić information content (AvgIpc) is 3.58. The zero-order valence-corrected chi connectivity index (χ0v) is 30.3. The van der Waals surface area contributed by atoms with E-state index in [1.807, 2.05) is 0 Å². The Morgan fingerprint density at radius 3 is 1.30 bits per heavy atom. The summed E-state index contributed by atoms with van der Waals surface area (Å²) < 4.78 is 54.4. The van der Waals surface area contributed by atoms with Gasteiger partial charge in [-0.3, -0.25) is 38.6 Å². The Bertz CT molecular complexity index is 2770. The number of amides is 6. The summed E-state index contributed by atoms with van der Waals surface area (Å²) in [6, 6.07) is 11.0. The molecule has 0 saturated heterocycles. The van der Waals surface area contributed by atoms with Gasteiger partial charge in [0.1, 0.15) is 6.67 Å². The number of nitrogens with one attached hydrogen (secondary N) is 2. The van der Waals surface area contributed by atoms with Crippen molar-refractivity contribution in [2.24, 2.45) is 11.5 Å². The van der Waals surface area contributed by atoms with E-state index in [4.69, 9.17) is 11.5 Å². The van der Waals surface area contributed by atoms with E-state index in [1.54, 1.807) is 0 Å². The molecule has 22 heteroatoms. The van der Waals surface area contributed by atoms with E-state index in [1.165, 1.54) is 0 Å². The third kappa shape index (κ3) is 6.67. The van der Waals surface area contributed by atoms with Crippen LogP contribution in [0.4, 0.5) is 0 Å². The van der Waals surface area contributed by atoms with Crippen LogP contribution in [0, 0.1) is 0 Å². The highest BCUT2D eigenvalue weighted by Gasteiger charge is 2.39. The van der Waals surface area contributed by atoms with E-state index in [-0.39, 0.29) is 22.3 Å². The summed E-state index contributed by atoms with van der Waals surface area (Å²) in [6.07, 6.45) is 0. The predicted molar refractivity (Wildman–Crippen MR) is 189 cm³/mol.